The molecule has 3 aromatic heterocycles. The van der Waals surface area contributed by atoms with Gasteiger partial charge in [0.2, 0.25) is 0 Å². The van der Waals surface area contributed by atoms with Crippen LogP contribution in [0.3, 0.4) is 0 Å². The molecule has 6 heteroatoms. The van der Waals surface area contributed by atoms with Crippen LogP contribution in [-0.4, -0.2) is 33.3 Å². The molecule has 4 heterocycles. The lowest BCUT2D eigenvalue weighted by molar-refractivity contribution is 0.630. The molecule has 0 unspecified atom stereocenters. The summed E-state index contributed by atoms with van der Waals surface area (Å²) in [4.78, 5) is 9.34. The minimum absolute atomic E-state index is 0.290. The maximum Gasteiger partial charge on any atom is 0.132 e. The van der Waals surface area contributed by atoms with Crippen LogP contribution in [0.4, 0.5) is 4.39 Å². The Morgan fingerprint density at radius 2 is 1.93 bits per heavy atom. The first-order valence-corrected chi connectivity index (χ1v) is 9.16. The Morgan fingerprint density at radius 1 is 1.00 bits per heavy atom. The lowest BCUT2D eigenvalue weighted by atomic mass is 10.0. The molecule has 28 heavy (non-hydrogen) atoms. The van der Waals surface area contributed by atoms with Gasteiger partial charge in [-0.2, -0.15) is 5.10 Å². The molecule has 2 N–H and O–H groups in total. The van der Waals surface area contributed by atoms with Gasteiger partial charge >= 0.3 is 0 Å². The maximum absolute atomic E-state index is 14.4. The predicted octanol–water partition coefficient (Wildman–Crippen LogP) is 4.12. The van der Waals surface area contributed by atoms with E-state index in [-0.39, 0.29) is 5.82 Å². The Kier molecular flexibility index (Phi) is 3.98. The Balaban J connectivity index is 1.62. The van der Waals surface area contributed by atoms with E-state index in [9.17, 15) is 4.39 Å². The van der Waals surface area contributed by atoms with E-state index >= 15 is 0 Å². The van der Waals surface area contributed by atoms with Crippen molar-refractivity contribution in [2.75, 3.05) is 13.1 Å². The normalized spacial score (nSPS) is 13.9. The van der Waals surface area contributed by atoms with E-state index < -0.39 is 0 Å². The van der Waals surface area contributed by atoms with Crippen LogP contribution >= 0.6 is 0 Å². The fourth-order valence-electron chi connectivity index (χ4n) is 3.54. The summed E-state index contributed by atoms with van der Waals surface area (Å²) >= 11 is 0. The van der Waals surface area contributed by atoms with Crippen LogP contribution in [0.25, 0.3) is 39.1 Å². The molecule has 0 saturated carbocycles. The summed E-state index contributed by atoms with van der Waals surface area (Å²) in [7, 11) is 0. The smallest absolute Gasteiger partial charge is 0.132 e. The monoisotopic (exact) mass is 371 g/mol. The molecule has 0 amide bonds. The third-order valence-electron chi connectivity index (χ3n) is 5.02. The fourth-order valence-corrected chi connectivity index (χ4v) is 3.54. The second-order valence-electron chi connectivity index (χ2n) is 6.96. The zero-order valence-corrected chi connectivity index (χ0v) is 15.3. The number of aromatic nitrogens is 4. The minimum Gasteiger partial charge on any atom is -0.309 e. The molecule has 0 radical (unpaired) electrons. The van der Waals surface area contributed by atoms with E-state index in [0.29, 0.717) is 11.3 Å². The van der Waals surface area contributed by atoms with E-state index in [1.807, 2.05) is 31.3 Å². The van der Waals surface area contributed by atoms with E-state index in [1.165, 1.54) is 11.6 Å². The van der Waals surface area contributed by atoms with Gasteiger partial charge in [0.05, 0.1) is 28.6 Å². The van der Waals surface area contributed by atoms with Crippen LogP contribution < -0.4 is 5.32 Å². The molecule has 0 bridgehead atoms. The number of halogens is 1. The van der Waals surface area contributed by atoms with Gasteiger partial charge < -0.3 is 5.32 Å². The molecule has 1 aliphatic rings. The van der Waals surface area contributed by atoms with Gasteiger partial charge in [-0.15, -0.1) is 0 Å². The number of aryl methyl sites for hydroxylation is 1. The van der Waals surface area contributed by atoms with Crippen molar-refractivity contribution in [3.63, 3.8) is 0 Å². The Labute approximate surface area is 161 Å². The minimum atomic E-state index is -0.290. The molecule has 4 aromatic rings. The molecular formula is C22H18FN5. The van der Waals surface area contributed by atoms with Gasteiger partial charge in [-0.3, -0.25) is 10.1 Å². The molecule has 5 rings (SSSR count). The van der Waals surface area contributed by atoms with Crippen LogP contribution in [0.2, 0.25) is 0 Å². The summed E-state index contributed by atoms with van der Waals surface area (Å²) in [6.07, 6.45) is 5.74. The number of nitrogens with zero attached hydrogens (tertiary/aromatic N) is 3. The van der Waals surface area contributed by atoms with Crippen molar-refractivity contribution in [2.45, 2.75) is 6.92 Å². The standard InChI is InChI=1S/C22H18FN5/c1-13-2-3-18(23)16(8-13)22-17(12-26-28-22)19-4-5-20-21(27-19)9-15(11-25-20)14-6-7-24-10-14/h2-6,8-9,11-12,24H,7,10H2,1H3,(H,26,28). The van der Waals surface area contributed by atoms with E-state index in [4.69, 9.17) is 4.98 Å². The van der Waals surface area contributed by atoms with Crippen molar-refractivity contribution >= 4 is 16.6 Å². The molecule has 0 fully saturated rings. The fraction of sp³-hybridized carbons (Fsp3) is 0.136. The highest BCUT2D eigenvalue weighted by molar-refractivity contribution is 5.85. The van der Waals surface area contributed by atoms with Gasteiger partial charge in [-0.05, 0) is 48.4 Å². The summed E-state index contributed by atoms with van der Waals surface area (Å²) in [6.45, 7) is 3.65. The van der Waals surface area contributed by atoms with Gasteiger partial charge in [0.1, 0.15) is 5.82 Å². The molecule has 0 atom stereocenters. The topological polar surface area (TPSA) is 66.5 Å². The van der Waals surface area contributed by atoms with E-state index in [0.717, 1.165) is 46.5 Å². The highest BCUT2D eigenvalue weighted by Crippen LogP contribution is 2.32. The van der Waals surface area contributed by atoms with Crippen LogP contribution in [-0.2, 0) is 0 Å². The van der Waals surface area contributed by atoms with E-state index in [1.54, 1.807) is 12.3 Å². The van der Waals surface area contributed by atoms with Gasteiger partial charge in [0.15, 0.2) is 0 Å². The van der Waals surface area contributed by atoms with E-state index in [2.05, 4.69) is 32.6 Å². The second kappa shape index (κ2) is 6.65. The number of hydrogen-bond donors (Lipinski definition) is 2. The number of nitrogens with one attached hydrogen (secondary N) is 2. The first-order valence-electron chi connectivity index (χ1n) is 9.16. The third-order valence-corrected chi connectivity index (χ3v) is 5.02. The molecule has 1 aromatic carbocycles. The number of hydrogen-bond acceptors (Lipinski definition) is 4. The molecular weight excluding hydrogens is 353 g/mol. The first kappa shape index (κ1) is 16.8. The average Bonchev–Trinajstić information content (AvgIpc) is 3.41. The Bertz CT molecular complexity index is 1220. The first-order chi connectivity index (χ1) is 13.7. The van der Waals surface area contributed by atoms with Gasteiger partial charge in [-0.25, -0.2) is 9.37 Å². The largest absolute Gasteiger partial charge is 0.309 e. The Hall–Kier alpha value is -3.38. The third kappa shape index (κ3) is 2.88. The Morgan fingerprint density at radius 3 is 2.79 bits per heavy atom. The zero-order chi connectivity index (χ0) is 19.1. The van der Waals surface area contributed by atoms with Gasteiger partial charge in [0, 0.05) is 30.4 Å². The summed E-state index contributed by atoms with van der Waals surface area (Å²) in [6, 6.07) is 10.9. The molecule has 5 nitrogen and oxygen atoms in total. The van der Waals surface area contributed by atoms with Crippen molar-refractivity contribution < 1.29 is 4.39 Å². The summed E-state index contributed by atoms with van der Waals surface area (Å²) < 4.78 is 14.4. The lowest BCUT2D eigenvalue weighted by Crippen LogP contribution is -2.07. The quantitative estimate of drug-likeness (QED) is 0.568. The summed E-state index contributed by atoms with van der Waals surface area (Å²) in [5.74, 6) is -0.290. The number of benzene rings is 1. The van der Waals surface area contributed by atoms with Gasteiger partial charge in [0.25, 0.3) is 0 Å². The molecule has 138 valence electrons. The molecule has 0 aliphatic carbocycles. The van der Waals surface area contributed by atoms with Gasteiger partial charge in [-0.1, -0.05) is 17.7 Å². The average molecular weight is 371 g/mol. The SMILES string of the molecule is Cc1ccc(F)c(-c2[nH]ncc2-c2ccc3ncc(C4=CCNC4)cc3n2)c1. The van der Waals surface area contributed by atoms with Crippen molar-refractivity contribution in [3.05, 3.63) is 71.8 Å². The number of fused-ring (bicyclic) bond motifs is 1. The number of rotatable bonds is 3. The zero-order valence-electron chi connectivity index (χ0n) is 15.3. The molecule has 1 aliphatic heterocycles. The maximum atomic E-state index is 14.4. The highest BCUT2D eigenvalue weighted by atomic mass is 19.1. The lowest BCUT2D eigenvalue weighted by Gasteiger charge is -2.08. The second-order valence-corrected chi connectivity index (χ2v) is 6.96. The highest BCUT2D eigenvalue weighted by Gasteiger charge is 2.16. The van der Waals surface area contributed by atoms with Crippen LogP contribution in [0, 0.1) is 12.7 Å². The van der Waals surface area contributed by atoms with Crippen LogP contribution in [0.1, 0.15) is 11.1 Å². The number of aromatic amines is 1. The van der Waals surface area contributed by atoms with Crippen LogP contribution in [0.15, 0.2) is 54.9 Å². The van der Waals surface area contributed by atoms with Crippen molar-refractivity contribution in [1.82, 2.24) is 25.5 Å². The van der Waals surface area contributed by atoms with Crippen molar-refractivity contribution in [2.24, 2.45) is 0 Å². The van der Waals surface area contributed by atoms with Crippen molar-refractivity contribution in [3.8, 4) is 22.5 Å². The number of H-pyrrole nitrogens is 1. The summed E-state index contributed by atoms with van der Waals surface area (Å²) in [5.41, 5.74) is 7.52. The predicted molar refractivity (Wildman–Crippen MR) is 108 cm³/mol. The summed E-state index contributed by atoms with van der Waals surface area (Å²) in [5, 5.41) is 10.4. The number of pyridine rings is 2. The molecule has 0 spiro atoms. The van der Waals surface area contributed by atoms with Crippen LogP contribution in [0.5, 0.6) is 0 Å². The van der Waals surface area contributed by atoms with Crippen molar-refractivity contribution in [1.29, 1.82) is 0 Å². The molecule has 0 saturated heterocycles.